The summed E-state index contributed by atoms with van der Waals surface area (Å²) in [6.07, 6.45) is -0.753. The van der Waals surface area contributed by atoms with Gasteiger partial charge in [0.05, 0.1) is 17.8 Å². The van der Waals surface area contributed by atoms with Crippen molar-refractivity contribution < 1.29 is 19.1 Å². The molecule has 0 saturated heterocycles. The lowest BCUT2D eigenvalue weighted by molar-refractivity contribution is -0.114. The summed E-state index contributed by atoms with van der Waals surface area (Å²) in [5.41, 5.74) is 0.781. The van der Waals surface area contributed by atoms with Gasteiger partial charge < -0.3 is 10.1 Å². The van der Waals surface area contributed by atoms with Crippen LogP contribution in [0.25, 0.3) is 10.9 Å². The molecule has 28 heavy (non-hydrogen) atoms. The molecule has 0 fully saturated rings. The molecule has 1 aromatic heterocycles. The van der Waals surface area contributed by atoms with E-state index in [0.29, 0.717) is 20.9 Å². The smallest absolute Gasteiger partial charge is 0.419 e. The minimum absolute atomic E-state index is 0.0341. The number of amides is 1. The molecule has 144 valence electrons. The highest BCUT2D eigenvalue weighted by Gasteiger charge is 2.28. The van der Waals surface area contributed by atoms with Crippen LogP contribution < -0.4 is 5.32 Å². The fourth-order valence-corrected chi connectivity index (χ4v) is 3.28. The van der Waals surface area contributed by atoms with E-state index in [1.54, 1.807) is 37.3 Å². The number of hydrogen-bond acceptors (Lipinski definition) is 4. The number of aromatic nitrogens is 1. The first-order valence-corrected chi connectivity index (χ1v) is 9.18. The lowest BCUT2D eigenvalue weighted by atomic mass is 10.1. The third-order valence-electron chi connectivity index (χ3n) is 3.98. The second-order valence-corrected chi connectivity index (χ2v) is 6.81. The number of fused-ring (bicyclic) bond motifs is 1. The molecule has 0 unspecified atom stereocenters. The summed E-state index contributed by atoms with van der Waals surface area (Å²) in [7, 11) is 0. The molecule has 0 aliphatic carbocycles. The number of nitrogens with zero attached hydrogens (tertiary/aromatic N) is 1. The topological polar surface area (TPSA) is 77.4 Å². The second kappa shape index (κ2) is 8.04. The van der Waals surface area contributed by atoms with Gasteiger partial charge in [-0.1, -0.05) is 35.3 Å². The maximum atomic E-state index is 13.3. The number of benzene rings is 2. The van der Waals surface area contributed by atoms with E-state index in [-0.39, 0.29) is 23.6 Å². The van der Waals surface area contributed by atoms with Crippen LogP contribution in [-0.4, -0.2) is 29.0 Å². The van der Waals surface area contributed by atoms with E-state index in [9.17, 15) is 14.4 Å². The molecule has 0 bridgehead atoms. The molecule has 0 aliphatic rings. The first-order valence-electron chi connectivity index (χ1n) is 8.42. The zero-order chi connectivity index (χ0) is 20.4. The minimum Gasteiger partial charge on any atom is -0.449 e. The maximum Gasteiger partial charge on any atom is 0.419 e. The van der Waals surface area contributed by atoms with Crippen LogP contribution in [-0.2, 0) is 9.53 Å². The highest BCUT2D eigenvalue weighted by Crippen LogP contribution is 2.35. The van der Waals surface area contributed by atoms with Gasteiger partial charge in [-0.2, -0.15) is 0 Å². The molecule has 3 aromatic rings. The minimum atomic E-state index is -0.753. The number of carbonyl (C=O) groups is 3. The number of rotatable bonds is 4. The van der Waals surface area contributed by atoms with Crippen molar-refractivity contribution in [3.8, 4) is 0 Å². The van der Waals surface area contributed by atoms with Crippen molar-refractivity contribution in [2.75, 3.05) is 11.9 Å². The predicted octanol–water partition coefficient (Wildman–Crippen LogP) is 5.14. The molecule has 0 radical (unpaired) electrons. The van der Waals surface area contributed by atoms with Crippen LogP contribution >= 0.6 is 23.2 Å². The van der Waals surface area contributed by atoms with Crippen LogP contribution in [0.3, 0.4) is 0 Å². The number of halogens is 2. The number of nitrogens with one attached hydrogen (secondary N) is 1. The van der Waals surface area contributed by atoms with Crippen molar-refractivity contribution >= 4 is 57.6 Å². The van der Waals surface area contributed by atoms with Crippen molar-refractivity contribution in [1.29, 1.82) is 0 Å². The molecule has 8 heteroatoms. The van der Waals surface area contributed by atoms with E-state index in [1.165, 1.54) is 19.1 Å². The zero-order valence-electron chi connectivity index (χ0n) is 15.1. The highest BCUT2D eigenvalue weighted by molar-refractivity contribution is 6.32. The highest BCUT2D eigenvalue weighted by atomic mass is 35.5. The summed E-state index contributed by atoms with van der Waals surface area (Å²) in [4.78, 5) is 37.8. The maximum absolute atomic E-state index is 13.3. The molecule has 6 nitrogen and oxygen atoms in total. The summed E-state index contributed by atoms with van der Waals surface area (Å²) in [5, 5.41) is 3.87. The Morgan fingerprint density at radius 3 is 2.43 bits per heavy atom. The quantitative estimate of drug-likeness (QED) is 0.594. The van der Waals surface area contributed by atoms with Gasteiger partial charge in [0.15, 0.2) is 0 Å². The normalized spacial score (nSPS) is 10.7. The average molecular weight is 419 g/mol. The Labute approximate surface area is 171 Å². The Kier molecular flexibility index (Phi) is 5.72. The van der Waals surface area contributed by atoms with Crippen LogP contribution in [0.2, 0.25) is 10.0 Å². The van der Waals surface area contributed by atoms with Crippen molar-refractivity contribution in [2.45, 2.75) is 13.8 Å². The lowest BCUT2D eigenvalue weighted by Crippen LogP contribution is -2.21. The predicted molar refractivity (Wildman–Crippen MR) is 109 cm³/mol. The molecule has 0 atom stereocenters. The first kappa shape index (κ1) is 19.9. The monoisotopic (exact) mass is 418 g/mol. The standard InChI is InChI=1S/C20H16Cl2N2O4/c1-3-28-20(27)24-16-10-14(22)7-8-15(16)17(23-11(2)25)18(24)19(26)12-5-4-6-13(21)9-12/h4-10H,3H2,1-2H3,(H,23,25). The van der Waals surface area contributed by atoms with Crippen molar-refractivity contribution in [3.05, 3.63) is 63.8 Å². The molecule has 0 saturated carbocycles. The second-order valence-electron chi connectivity index (χ2n) is 5.94. The third-order valence-corrected chi connectivity index (χ3v) is 4.45. The summed E-state index contributed by atoms with van der Waals surface area (Å²) in [6, 6.07) is 11.1. The molecule has 2 aromatic carbocycles. The number of ketones is 1. The summed E-state index contributed by atoms with van der Waals surface area (Å²) < 4.78 is 6.26. The molecule has 1 heterocycles. The van der Waals surface area contributed by atoms with Gasteiger partial charge in [-0.05, 0) is 37.3 Å². The molecular formula is C20H16Cl2N2O4. The number of hydrogen-bond donors (Lipinski definition) is 1. The van der Waals surface area contributed by atoms with E-state index in [2.05, 4.69) is 5.32 Å². The van der Waals surface area contributed by atoms with Crippen LogP contribution in [0.1, 0.15) is 29.9 Å². The van der Waals surface area contributed by atoms with Gasteiger partial charge in [-0.15, -0.1) is 0 Å². The van der Waals surface area contributed by atoms with Gasteiger partial charge in [-0.3, -0.25) is 9.59 Å². The summed E-state index contributed by atoms with van der Waals surface area (Å²) >= 11 is 12.1. The van der Waals surface area contributed by atoms with Gasteiger partial charge in [0.2, 0.25) is 11.7 Å². The fourth-order valence-electron chi connectivity index (χ4n) is 2.92. The van der Waals surface area contributed by atoms with Crippen molar-refractivity contribution in [1.82, 2.24) is 4.57 Å². The molecule has 1 N–H and O–H groups in total. The van der Waals surface area contributed by atoms with E-state index < -0.39 is 17.8 Å². The Hall–Kier alpha value is -2.83. The molecule has 0 aliphatic heterocycles. The average Bonchev–Trinajstić information content (AvgIpc) is 2.94. The molecule has 0 spiro atoms. The Bertz CT molecular complexity index is 1110. The van der Waals surface area contributed by atoms with Gasteiger partial charge in [0.1, 0.15) is 5.69 Å². The van der Waals surface area contributed by atoms with E-state index in [1.807, 2.05) is 0 Å². The van der Waals surface area contributed by atoms with Gasteiger partial charge in [0.25, 0.3) is 0 Å². The molecule has 1 amide bonds. The zero-order valence-corrected chi connectivity index (χ0v) is 16.6. The fraction of sp³-hybridized carbons (Fsp3) is 0.150. The number of ether oxygens (including phenoxy) is 1. The first-order chi connectivity index (χ1) is 13.3. The largest absolute Gasteiger partial charge is 0.449 e. The molecular weight excluding hydrogens is 403 g/mol. The molecule has 3 rings (SSSR count). The van der Waals surface area contributed by atoms with Crippen LogP contribution in [0, 0.1) is 0 Å². The third kappa shape index (κ3) is 3.74. The van der Waals surface area contributed by atoms with Crippen LogP contribution in [0.15, 0.2) is 42.5 Å². The summed E-state index contributed by atoms with van der Waals surface area (Å²) in [6.45, 7) is 3.08. The van der Waals surface area contributed by atoms with E-state index in [4.69, 9.17) is 27.9 Å². The Morgan fingerprint density at radius 1 is 1.07 bits per heavy atom. The van der Waals surface area contributed by atoms with Gasteiger partial charge >= 0.3 is 6.09 Å². The number of anilines is 1. The lowest BCUT2D eigenvalue weighted by Gasteiger charge is -2.10. The SMILES string of the molecule is CCOC(=O)n1c(C(=O)c2cccc(Cl)c2)c(NC(C)=O)c2ccc(Cl)cc21. The van der Waals surface area contributed by atoms with E-state index in [0.717, 1.165) is 4.57 Å². The summed E-state index contributed by atoms with van der Waals surface area (Å²) in [5.74, 6) is -0.885. The Balaban J connectivity index is 2.37. The Morgan fingerprint density at radius 2 is 1.79 bits per heavy atom. The van der Waals surface area contributed by atoms with E-state index >= 15 is 0 Å². The van der Waals surface area contributed by atoms with Crippen LogP contribution in [0.5, 0.6) is 0 Å². The van der Waals surface area contributed by atoms with Gasteiger partial charge in [0, 0.05) is 27.9 Å². The van der Waals surface area contributed by atoms with Crippen molar-refractivity contribution in [2.24, 2.45) is 0 Å². The van der Waals surface area contributed by atoms with Gasteiger partial charge in [-0.25, -0.2) is 9.36 Å². The van der Waals surface area contributed by atoms with Crippen molar-refractivity contribution in [3.63, 3.8) is 0 Å². The number of carbonyl (C=O) groups excluding carboxylic acids is 3. The van der Waals surface area contributed by atoms with Crippen LogP contribution in [0.4, 0.5) is 10.5 Å².